The molecule has 0 saturated carbocycles. The summed E-state index contributed by atoms with van der Waals surface area (Å²) in [5, 5.41) is 14.3. The van der Waals surface area contributed by atoms with Crippen molar-refractivity contribution in [1.82, 2.24) is 10.3 Å². The molecule has 1 heterocycles. The SMILES string of the molecule is CCCC(C)(NC(=O)Nc1cnccc1C)C(=O)O. The van der Waals surface area contributed by atoms with Crippen molar-refractivity contribution in [2.45, 2.75) is 39.2 Å². The molecule has 0 bridgehead atoms. The number of carboxylic acids is 1. The molecule has 0 aliphatic heterocycles. The summed E-state index contributed by atoms with van der Waals surface area (Å²) in [7, 11) is 0. The molecule has 0 saturated heterocycles. The van der Waals surface area contributed by atoms with Crippen LogP contribution in [0.3, 0.4) is 0 Å². The fourth-order valence-electron chi connectivity index (χ4n) is 1.72. The van der Waals surface area contributed by atoms with Crippen LogP contribution in [0.4, 0.5) is 10.5 Å². The van der Waals surface area contributed by atoms with Crippen molar-refractivity contribution in [2.75, 3.05) is 5.32 Å². The van der Waals surface area contributed by atoms with Gasteiger partial charge in [-0.3, -0.25) is 4.98 Å². The van der Waals surface area contributed by atoms with Gasteiger partial charge < -0.3 is 15.7 Å². The monoisotopic (exact) mass is 265 g/mol. The molecule has 1 rings (SSSR count). The van der Waals surface area contributed by atoms with Crippen LogP contribution in [-0.4, -0.2) is 27.6 Å². The van der Waals surface area contributed by atoms with Gasteiger partial charge >= 0.3 is 12.0 Å². The lowest BCUT2D eigenvalue weighted by molar-refractivity contribution is -0.143. The first kappa shape index (κ1) is 14.9. The largest absolute Gasteiger partial charge is 0.480 e. The van der Waals surface area contributed by atoms with Crippen LogP contribution in [0.1, 0.15) is 32.3 Å². The summed E-state index contributed by atoms with van der Waals surface area (Å²) in [6.07, 6.45) is 4.17. The number of aromatic nitrogens is 1. The Morgan fingerprint density at radius 1 is 1.47 bits per heavy atom. The number of anilines is 1. The molecule has 0 radical (unpaired) electrons. The van der Waals surface area contributed by atoms with Crippen molar-refractivity contribution >= 4 is 17.7 Å². The Kier molecular flexibility index (Phi) is 4.86. The minimum atomic E-state index is -1.27. The molecule has 0 fully saturated rings. The molecule has 6 heteroatoms. The lowest BCUT2D eigenvalue weighted by Crippen LogP contribution is -2.53. The number of nitrogens with one attached hydrogen (secondary N) is 2. The third kappa shape index (κ3) is 3.94. The van der Waals surface area contributed by atoms with E-state index in [1.54, 1.807) is 12.3 Å². The number of aryl methyl sites for hydroxylation is 1. The molecule has 0 aliphatic carbocycles. The second-order valence-electron chi connectivity index (χ2n) is 4.66. The summed E-state index contributed by atoms with van der Waals surface area (Å²) >= 11 is 0. The van der Waals surface area contributed by atoms with Gasteiger partial charge in [0.15, 0.2) is 0 Å². The maximum absolute atomic E-state index is 11.8. The van der Waals surface area contributed by atoms with Crippen molar-refractivity contribution in [3.8, 4) is 0 Å². The van der Waals surface area contributed by atoms with Crippen molar-refractivity contribution in [1.29, 1.82) is 0 Å². The Bertz CT molecular complexity index is 476. The number of rotatable bonds is 5. The average Bonchev–Trinajstić information content (AvgIpc) is 2.32. The van der Waals surface area contributed by atoms with E-state index in [1.165, 1.54) is 13.1 Å². The van der Waals surface area contributed by atoms with Crippen LogP contribution >= 0.6 is 0 Å². The molecule has 1 atom stereocenters. The number of pyridine rings is 1. The first-order valence-electron chi connectivity index (χ1n) is 6.12. The van der Waals surface area contributed by atoms with E-state index in [-0.39, 0.29) is 0 Å². The van der Waals surface area contributed by atoms with Crippen LogP contribution in [0.15, 0.2) is 18.5 Å². The molecule has 3 N–H and O–H groups in total. The minimum Gasteiger partial charge on any atom is -0.480 e. The summed E-state index contributed by atoms with van der Waals surface area (Å²) in [4.78, 5) is 27.0. The lowest BCUT2D eigenvalue weighted by atomic mass is 9.97. The fourth-order valence-corrected chi connectivity index (χ4v) is 1.72. The molecular weight excluding hydrogens is 246 g/mol. The van der Waals surface area contributed by atoms with E-state index < -0.39 is 17.5 Å². The van der Waals surface area contributed by atoms with Crippen molar-refractivity contribution < 1.29 is 14.7 Å². The summed E-state index contributed by atoms with van der Waals surface area (Å²) in [6.45, 7) is 5.19. The van der Waals surface area contributed by atoms with E-state index in [0.29, 0.717) is 18.5 Å². The zero-order valence-electron chi connectivity index (χ0n) is 11.4. The molecule has 6 nitrogen and oxygen atoms in total. The van der Waals surface area contributed by atoms with Crippen LogP contribution in [0.2, 0.25) is 0 Å². The van der Waals surface area contributed by atoms with Gasteiger partial charge in [0, 0.05) is 6.20 Å². The molecule has 1 aromatic rings. The third-order valence-corrected chi connectivity index (χ3v) is 2.90. The highest BCUT2D eigenvalue weighted by Gasteiger charge is 2.33. The Morgan fingerprint density at radius 3 is 2.68 bits per heavy atom. The Hall–Kier alpha value is -2.11. The number of carboxylic acid groups (broad SMARTS) is 1. The highest BCUT2D eigenvalue weighted by molar-refractivity contribution is 5.94. The number of aliphatic carboxylic acids is 1. The normalized spacial score (nSPS) is 13.4. The molecule has 2 amide bonds. The van der Waals surface area contributed by atoms with E-state index in [1.807, 2.05) is 13.8 Å². The predicted octanol–water partition coefficient (Wildman–Crippen LogP) is 2.15. The van der Waals surface area contributed by atoms with Gasteiger partial charge in [-0.15, -0.1) is 0 Å². The van der Waals surface area contributed by atoms with E-state index >= 15 is 0 Å². The van der Waals surface area contributed by atoms with Gasteiger partial charge in [-0.1, -0.05) is 13.3 Å². The fraction of sp³-hybridized carbons (Fsp3) is 0.462. The van der Waals surface area contributed by atoms with Gasteiger partial charge in [-0.05, 0) is 31.9 Å². The molecule has 1 aromatic heterocycles. The number of carbonyl (C=O) groups excluding carboxylic acids is 1. The summed E-state index contributed by atoms with van der Waals surface area (Å²) < 4.78 is 0. The molecule has 1 unspecified atom stereocenters. The number of hydrogen-bond donors (Lipinski definition) is 3. The molecule has 104 valence electrons. The van der Waals surface area contributed by atoms with Gasteiger partial charge in [-0.2, -0.15) is 0 Å². The van der Waals surface area contributed by atoms with E-state index in [0.717, 1.165) is 5.56 Å². The molecule has 19 heavy (non-hydrogen) atoms. The molecule has 0 spiro atoms. The topological polar surface area (TPSA) is 91.3 Å². The van der Waals surface area contributed by atoms with Crippen molar-refractivity contribution in [3.63, 3.8) is 0 Å². The van der Waals surface area contributed by atoms with Gasteiger partial charge in [0.25, 0.3) is 0 Å². The maximum Gasteiger partial charge on any atom is 0.329 e. The van der Waals surface area contributed by atoms with E-state index in [9.17, 15) is 14.7 Å². The van der Waals surface area contributed by atoms with Crippen LogP contribution < -0.4 is 10.6 Å². The second kappa shape index (κ2) is 6.17. The minimum absolute atomic E-state index is 0.363. The van der Waals surface area contributed by atoms with Crippen LogP contribution in [-0.2, 0) is 4.79 Å². The predicted molar refractivity (Wildman–Crippen MR) is 72.1 cm³/mol. The smallest absolute Gasteiger partial charge is 0.329 e. The van der Waals surface area contributed by atoms with E-state index in [4.69, 9.17) is 0 Å². The van der Waals surface area contributed by atoms with Crippen LogP contribution in [0, 0.1) is 6.92 Å². The number of nitrogens with zero attached hydrogens (tertiary/aromatic N) is 1. The Balaban J connectivity index is 2.74. The summed E-state index contributed by atoms with van der Waals surface area (Å²) in [5.74, 6) is -1.05. The van der Waals surface area contributed by atoms with Gasteiger partial charge in [0.2, 0.25) is 0 Å². The highest BCUT2D eigenvalue weighted by Crippen LogP contribution is 2.15. The quantitative estimate of drug-likeness (QED) is 0.760. The van der Waals surface area contributed by atoms with Gasteiger partial charge in [0.1, 0.15) is 5.54 Å². The zero-order chi connectivity index (χ0) is 14.5. The average molecular weight is 265 g/mol. The Labute approximate surface area is 112 Å². The standard InChI is InChI=1S/C13H19N3O3/c1-4-6-13(3,11(17)18)16-12(19)15-10-8-14-7-5-9(10)2/h5,7-8H,4,6H2,1-3H3,(H,17,18)(H2,15,16,19). The first-order chi connectivity index (χ1) is 8.89. The second-order valence-corrected chi connectivity index (χ2v) is 4.66. The van der Waals surface area contributed by atoms with Gasteiger partial charge in [-0.25, -0.2) is 9.59 Å². The lowest BCUT2D eigenvalue weighted by Gasteiger charge is -2.25. The molecule has 0 aliphatic rings. The van der Waals surface area contributed by atoms with Crippen LogP contribution in [0.5, 0.6) is 0 Å². The highest BCUT2D eigenvalue weighted by atomic mass is 16.4. The number of hydrogen-bond acceptors (Lipinski definition) is 3. The zero-order valence-corrected chi connectivity index (χ0v) is 11.4. The van der Waals surface area contributed by atoms with Gasteiger partial charge in [0.05, 0.1) is 11.9 Å². The Morgan fingerprint density at radius 2 is 2.16 bits per heavy atom. The third-order valence-electron chi connectivity index (χ3n) is 2.90. The maximum atomic E-state index is 11.8. The van der Waals surface area contributed by atoms with Crippen molar-refractivity contribution in [3.05, 3.63) is 24.0 Å². The van der Waals surface area contributed by atoms with E-state index in [2.05, 4.69) is 15.6 Å². The number of carbonyl (C=O) groups is 2. The number of urea groups is 1. The van der Waals surface area contributed by atoms with Crippen LogP contribution in [0.25, 0.3) is 0 Å². The summed E-state index contributed by atoms with van der Waals surface area (Å²) in [5.41, 5.74) is 0.150. The molecular formula is C13H19N3O3. The molecule has 0 aromatic carbocycles. The van der Waals surface area contributed by atoms with Crippen molar-refractivity contribution in [2.24, 2.45) is 0 Å². The number of amides is 2. The summed E-state index contributed by atoms with van der Waals surface area (Å²) in [6, 6.07) is 1.22. The first-order valence-corrected chi connectivity index (χ1v) is 6.12.